The number of nitrogens with zero attached hydrogens (tertiary/aromatic N) is 1. The normalized spacial score (nSPS) is 22.8. The van der Waals surface area contributed by atoms with Crippen LogP contribution in [0.2, 0.25) is 0 Å². The Bertz CT molecular complexity index is 479. The van der Waals surface area contributed by atoms with Crippen LogP contribution in [-0.4, -0.2) is 29.9 Å². The van der Waals surface area contributed by atoms with E-state index in [2.05, 4.69) is 0 Å². The maximum atomic E-state index is 13.1. The average molecular weight is 268 g/mol. The van der Waals surface area contributed by atoms with E-state index in [9.17, 15) is 13.6 Å². The van der Waals surface area contributed by atoms with Crippen LogP contribution in [0.25, 0.3) is 0 Å². The molecule has 0 spiro atoms. The molecule has 5 heteroatoms. The number of carbonyl (C=O) groups excluding carboxylic acids is 1. The van der Waals surface area contributed by atoms with E-state index in [1.165, 1.54) is 6.07 Å². The molecule has 2 rings (SSSR count). The van der Waals surface area contributed by atoms with Gasteiger partial charge in [0.05, 0.1) is 6.42 Å². The van der Waals surface area contributed by atoms with Crippen LogP contribution in [0, 0.1) is 17.6 Å². The van der Waals surface area contributed by atoms with E-state index in [0.717, 1.165) is 18.6 Å². The lowest BCUT2D eigenvalue weighted by Gasteiger charge is -2.21. The Kier molecular flexibility index (Phi) is 4.14. The zero-order valence-corrected chi connectivity index (χ0v) is 10.9. The van der Waals surface area contributed by atoms with Crippen molar-refractivity contribution >= 4 is 5.91 Å². The number of likely N-dealkylation sites (tertiary alicyclic amines) is 1. The van der Waals surface area contributed by atoms with E-state index in [1.54, 1.807) is 4.90 Å². The minimum absolute atomic E-state index is 0.0607. The van der Waals surface area contributed by atoms with Crippen LogP contribution in [0.5, 0.6) is 0 Å². The zero-order valence-electron chi connectivity index (χ0n) is 10.9. The summed E-state index contributed by atoms with van der Waals surface area (Å²) >= 11 is 0. The van der Waals surface area contributed by atoms with Crippen LogP contribution >= 0.6 is 0 Å². The predicted molar refractivity (Wildman–Crippen MR) is 68.4 cm³/mol. The summed E-state index contributed by atoms with van der Waals surface area (Å²) in [6, 6.07) is 3.73. The van der Waals surface area contributed by atoms with Crippen molar-refractivity contribution in [1.29, 1.82) is 0 Å². The summed E-state index contributed by atoms with van der Waals surface area (Å²) in [7, 11) is 0. The van der Waals surface area contributed by atoms with Crippen molar-refractivity contribution < 1.29 is 13.6 Å². The maximum Gasteiger partial charge on any atom is 0.227 e. The molecule has 19 heavy (non-hydrogen) atoms. The average Bonchev–Trinajstić information content (AvgIpc) is 2.75. The second-order valence-corrected chi connectivity index (χ2v) is 5.16. The van der Waals surface area contributed by atoms with E-state index >= 15 is 0 Å². The first-order valence-electron chi connectivity index (χ1n) is 6.44. The molecule has 104 valence electrons. The number of amides is 1. The molecule has 0 saturated carbocycles. The summed E-state index contributed by atoms with van der Waals surface area (Å²) in [5, 5.41) is 0. The molecule has 3 nitrogen and oxygen atoms in total. The van der Waals surface area contributed by atoms with Crippen molar-refractivity contribution in [1.82, 2.24) is 4.90 Å². The fourth-order valence-electron chi connectivity index (χ4n) is 2.59. The highest BCUT2D eigenvalue weighted by Crippen LogP contribution is 2.23. The van der Waals surface area contributed by atoms with Gasteiger partial charge in [-0.25, -0.2) is 8.78 Å². The predicted octanol–water partition coefficient (Wildman–Crippen LogP) is 1.70. The third-order valence-corrected chi connectivity index (χ3v) is 3.65. The van der Waals surface area contributed by atoms with Crippen LogP contribution in [0.15, 0.2) is 18.2 Å². The van der Waals surface area contributed by atoms with Crippen molar-refractivity contribution in [3.05, 3.63) is 35.4 Å². The molecule has 1 aromatic rings. The second-order valence-electron chi connectivity index (χ2n) is 5.16. The monoisotopic (exact) mass is 268 g/mol. The molecule has 1 saturated heterocycles. The van der Waals surface area contributed by atoms with Gasteiger partial charge in [0.2, 0.25) is 5.91 Å². The first kappa shape index (κ1) is 13.9. The van der Waals surface area contributed by atoms with Crippen LogP contribution in [0.3, 0.4) is 0 Å². The van der Waals surface area contributed by atoms with Crippen molar-refractivity contribution in [3.8, 4) is 0 Å². The molecule has 1 fully saturated rings. The highest BCUT2D eigenvalue weighted by Gasteiger charge is 2.31. The third kappa shape index (κ3) is 3.10. The van der Waals surface area contributed by atoms with Crippen molar-refractivity contribution in [2.24, 2.45) is 11.7 Å². The Morgan fingerprint density at radius 1 is 1.42 bits per heavy atom. The number of halogens is 2. The summed E-state index contributed by atoms with van der Waals surface area (Å²) in [5.74, 6) is -1.54. The molecule has 1 aliphatic rings. The molecule has 1 aromatic carbocycles. The molecule has 2 atom stereocenters. The largest absolute Gasteiger partial charge is 0.339 e. The lowest BCUT2D eigenvalue weighted by molar-refractivity contribution is -0.131. The van der Waals surface area contributed by atoms with Gasteiger partial charge in [-0.2, -0.15) is 0 Å². The molecule has 0 aliphatic carbocycles. The number of carbonyl (C=O) groups is 1. The summed E-state index contributed by atoms with van der Waals surface area (Å²) in [5.41, 5.74) is 6.11. The van der Waals surface area contributed by atoms with Crippen molar-refractivity contribution in [2.45, 2.75) is 25.8 Å². The highest BCUT2D eigenvalue weighted by atomic mass is 19.2. The molecule has 0 bridgehead atoms. The molecular formula is C14H18F2N2O. The highest BCUT2D eigenvalue weighted by molar-refractivity contribution is 5.79. The lowest BCUT2D eigenvalue weighted by atomic mass is 10.1. The number of nitrogens with two attached hydrogens (primary N) is 1. The van der Waals surface area contributed by atoms with Gasteiger partial charge in [-0.05, 0) is 43.5 Å². The van der Waals surface area contributed by atoms with Crippen LogP contribution in [0.1, 0.15) is 18.9 Å². The van der Waals surface area contributed by atoms with Crippen LogP contribution in [-0.2, 0) is 11.2 Å². The first-order chi connectivity index (χ1) is 9.01. The van der Waals surface area contributed by atoms with Gasteiger partial charge in [0, 0.05) is 12.6 Å². The minimum atomic E-state index is -0.917. The van der Waals surface area contributed by atoms with E-state index in [0.29, 0.717) is 24.6 Å². The fraction of sp³-hybridized carbons (Fsp3) is 0.500. The summed E-state index contributed by atoms with van der Waals surface area (Å²) in [6.45, 7) is 3.21. The standard InChI is InChI=1S/C14H18F2N2O/c1-9-4-11(7-17)8-18(9)14(19)6-10-2-3-12(15)13(16)5-10/h2-3,5,9,11H,4,6-8,17H2,1H3. The number of benzene rings is 1. The van der Waals surface area contributed by atoms with Gasteiger partial charge in [0.15, 0.2) is 11.6 Å². The smallest absolute Gasteiger partial charge is 0.227 e. The zero-order chi connectivity index (χ0) is 14.0. The first-order valence-corrected chi connectivity index (χ1v) is 6.44. The molecule has 0 aromatic heterocycles. The Balaban J connectivity index is 2.03. The number of hydrogen-bond donors (Lipinski definition) is 1. The van der Waals surface area contributed by atoms with Crippen molar-refractivity contribution in [2.75, 3.05) is 13.1 Å². The number of rotatable bonds is 3. The molecule has 1 aliphatic heterocycles. The molecular weight excluding hydrogens is 250 g/mol. The third-order valence-electron chi connectivity index (χ3n) is 3.65. The minimum Gasteiger partial charge on any atom is -0.339 e. The van der Waals surface area contributed by atoms with Crippen LogP contribution in [0.4, 0.5) is 8.78 Å². The van der Waals surface area contributed by atoms with Gasteiger partial charge in [0.1, 0.15) is 0 Å². The summed E-state index contributed by atoms with van der Waals surface area (Å²) < 4.78 is 25.9. The van der Waals surface area contributed by atoms with Gasteiger partial charge < -0.3 is 10.6 Å². The van der Waals surface area contributed by atoms with Gasteiger partial charge >= 0.3 is 0 Å². The van der Waals surface area contributed by atoms with Crippen molar-refractivity contribution in [3.63, 3.8) is 0 Å². The molecule has 1 heterocycles. The topological polar surface area (TPSA) is 46.3 Å². The van der Waals surface area contributed by atoms with Gasteiger partial charge in [0.25, 0.3) is 0 Å². The van der Waals surface area contributed by atoms with E-state index in [-0.39, 0.29) is 18.4 Å². The molecule has 2 N–H and O–H groups in total. The summed E-state index contributed by atoms with van der Waals surface area (Å²) in [6.07, 6.45) is 0.999. The Hall–Kier alpha value is -1.49. The van der Waals surface area contributed by atoms with Gasteiger partial charge in [-0.1, -0.05) is 6.07 Å². The molecule has 1 amide bonds. The lowest BCUT2D eigenvalue weighted by Crippen LogP contribution is -2.35. The SMILES string of the molecule is CC1CC(CN)CN1C(=O)Cc1ccc(F)c(F)c1. The second kappa shape index (κ2) is 5.65. The quantitative estimate of drug-likeness (QED) is 0.907. The summed E-state index contributed by atoms with van der Waals surface area (Å²) in [4.78, 5) is 13.9. The molecule has 0 radical (unpaired) electrons. The van der Waals surface area contributed by atoms with Gasteiger partial charge in [-0.3, -0.25) is 4.79 Å². The Morgan fingerprint density at radius 3 is 2.74 bits per heavy atom. The maximum absolute atomic E-state index is 13.1. The van der Waals surface area contributed by atoms with E-state index in [4.69, 9.17) is 5.73 Å². The number of hydrogen-bond acceptors (Lipinski definition) is 2. The fourth-order valence-corrected chi connectivity index (χ4v) is 2.59. The Morgan fingerprint density at radius 2 is 2.16 bits per heavy atom. The van der Waals surface area contributed by atoms with E-state index in [1.807, 2.05) is 6.92 Å². The van der Waals surface area contributed by atoms with E-state index < -0.39 is 11.6 Å². The molecule has 2 unspecified atom stereocenters. The van der Waals surface area contributed by atoms with Crippen LogP contribution < -0.4 is 5.73 Å². The Labute approximate surface area is 111 Å². The van der Waals surface area contributed by atoms with Gasteiger partial charge in [-0.15, -0.1) is 0 Å².